The van der Waals surface area contributed by atoms with Crippen LogP contribution in [0.2, 0.25) is 0 Å². The number of ketones is 1. The van der Waals surface area contributed by atoms with Gasteiger partial charge in [-0.2, -0.15) is 0 Å². The lowest BCUT2D eigenvalue weighted by atomic mass is 10.1. The van der Waals surface area contributed by atoms with E-state index in [9.17, 15) is 9.00 Å². The van der Waals surface area contributed by atoms with Crippen molar-refractivity contribution < 1.29 is 13.7 Å². The van der Waals surface area contributed by atoms with Gasteiger partial charge in [-0.1, -0.05) is 26.3 Å². The molecule has 0 aliphatic carbocycles. The highest BCUT2D eigenvalue weighted by Crippen LogP contribution is 2.20. The van der Waals surface area contributed by atoms with Crippen molar-refractivity contribution >= 4 is 16.6 Å². The van der Waals surface area contributed by atoms with Crippen molar-refractivity contribution in [2.24, 2.45) is 5.92 Å². The molecule has 0 aromatic heterocycles. The SMILES string of the molecule is CCC(C)CS(=O)CC(=O)c1ccc(C)cc1OC. The van der Waals surface area contributed by atoms with Crippen LogP contribution in [0.4, 0.5) is 0 Å². The van der Waals surface area contributed by atoms with E-state index in [1.54, 1.807) is 13.2 Å². The molecule has 19 heavy (non-hydrogen) atoms. The number of ether oxygens (including phenoxy) is 1. The van der Waals surface area contributed by atoms with E-state index in [4.69, 9.17) is 4.74 Å². The van der Waals surface area contributed by atoms with Crippen molar-refractivity contribution in [1.82, 2.24) is 0 Å². The lowest BCUT2D eigenvalue weighted by molar-refractivity contribution is 0.101. The molecule has 106 valence electrons. The highest BCUT2D eigenvalue weighted by atomic mass is 32.2. The van der Waals surface area contributed by atoms with Gasteiger partial charge in [-0.3, -0.25) is 9.00 Å². The molecule has 1 rings (SSSR count). The summed E-state index contributed by atoms with van der Waals surface area (Å²) in [6, 6.07) is 5.44. The van der Waals surface area contributed by atoms with Crippen LogP contribution >= 0.6 is 0 Å². The number of hydrogen-bond donors (Lipinski definition) is 0. The molecule has 4 heteroatoms. The van der Waals surface area contributed by atoms with E-state index < -0.39 is 10.8 Å². The van der Waals surface area contributed by atoms with Crippen LogP contribution in [0.15, 0.2) is 18.2 Å². The lowest BCUT2D eigenvalue weighted by Gasteiger charge is -2.10. The van der Waals surface area contributed by atoms with Gasteiger partial charge in [0.1, 0.15) is 5.75 Å². The van der Waals surface area contributed by atoms with Crippen LogP contribution in [0.5, 0.6) is 5.75 Å². The Balaban J connectivity index is 2.76. The number of carbonyl (C=O) groups excluding carboxylic acids is 1. The predicted molar refractivity (Wildman–Crippen MR) is 79.4 cm³/mol. The Morgan fingerprint density at radius 3 is 2.68 bits per heavy atom. The third kappa shape index (κ3) is 4.78. The Kier molecular flexibility index (Phi) is 6.22. The summed E-state index contributed by atoms with van der Waals surface area (Å²) in [6.07, 6.45) is 0.980. The number of aryl methyl sites for hydroxylation is 1. The fraction of sp³-hybridized carbons (Fsp3) is 0.533. The Bertz CT molecular complexity index is 468. The van der Waals surface area contributed by atoms with Gasteiger partial charge in [0.05, 0.1) is 18.4 Å². The number of hydrogen-bond acceptors (Lipinski definition) is 3. The molecule has 0 aliphatic heterocycles. The standard InChI is InChI=1S/C15H22O3S/c1-5-11(2)9-19(17)10-14(16)13-7-6-12(3)8-15(13)18-4/h6-8,11H,5,9-10H2,1-4H3. The average molecular weight is 282 g/mol. The minimum Gasteiger partial charge on any atom is -0.496 e. The fourth-order valence-corrected chi connectivity index (χ4v) is 3.18. The van der Waals surface area contributed by atoms with Gasteiger partial charge in [0, 0.05) is 16.6 Å². The fourth-order valence-electron chi connectivity index (χ4n) is 1.75. The van der Waals surface area contributed by atoms with E-state index >= 15 is 0 Å². The molecule has 0 amide bonds. The zero-order valence-corrected chi connectivity index (χ0v) is 12.9. The largest absolute Gasteiger partial charge is 0.496 e. The first-order chi connectivity index (χ1) is 8.97. The topological polar surface area (TPSA) is 43.4 Å². The summed E-state index contributed by atoms with van der Waals surface area (Å²) in [5, 5.41) is 0. The number of carbonyl (C=O) groups is 1. The number of Topliss-reactive ketones (excluding diaryl/α,β-unsaturated/α-hetero) is 1. The Morgan fingerprint density at radius 1 is 1.42 bits per heavy atom. The van der Waals surface area contributed by atoms with E-state index in [2.05, 4.69) is 13.8 Å². The van der Waals surface area contributed by atoms with E-state index in [0.29, 0.717) is 23.0 Å². The number of benzene rings is 1. The third-order valence-corrected chi connectivity index (χ3v) is 4.64. The molecule has 0 saturated heterocycles. The van der Waals surface area contributed by atoms with E-state index in [1.807, 2.05) is 19.1 Å². The molecule has 1 aromatic rings. The van der Waals surface area contributed by atoms with Crippen molar-refractivity contribution in [2.45, 2.75) is 27.2 Å². The maximum absolute atomic E-state index is 12.1. The maximum atomic E-state index is 12.1. The highest BCUT2D eigenvalue weighted by molar-refractivity contribution is 7.85. The molecule has 2 unspecified atom stereocenters. The quantitative estimate of drug-likeness (QED) is 0.722. The summed E-state index contributed by atoms with van der Waals surface area (Å²) in [5.74, 6) is 1.48. The van der Waals surface area contributed by atoms with Crippen LogP contribution in [0, 0.1) is 12.8 Å². The van der Waals surface area contributed by atoms with Gasteiger partial charge in [0.25, 0.3) is 0 Å². The normalized spacial score (nSPS) is 13.9. The molecule has 0 N–H and O–H groups in total. The van der Waals surface area contributed by atoms with Crippen LogP contribution in [0.25, 0.3) is 0 Å². The van der Waals surface area contributed by atoms with Crippen molar-refractivity contribution in [2.75, 3.05) is 18.6 Å². The molecular formula is C15H22O3S. The van der Waals surface area contributed by atoms with Crippen LogP contribution in [-0.2, 0) is 10.8 Å². The molecule has 0 radical (unpaired) electrons. The second kappa shape index (κ2) is 7.43. The summed E-state index contributed by atoms with van der Waals surface area (Å²) in [4.78, 5) is 12.1. The van der Waals surface area contributed by atoms with Crippen molar-refractivity contribution in [1.29, 1.82) is 0 Å². The molecule has 0 aliphatic rings. The van der Waals surface area contributed by atoms with Crippen LogP contribution in [0.3, 0.4) is 0 Å². The zero-order valence-electron chi connectivity index (χ0n) is 12.1. The van der Waals surface area contributed by atoms with Gasteiger partial charge in [-0.05, 0) is 30.5 Å². The minimum absolute atomic E-state index is 0.0732. The molecule has 0 spiro atoms. The summed E-state index contributed by atoms with van der Waals surface area (Å²) in [5.41, 5.74) is 1.56. The van der Waals surface area contributed by atoms with E-state index in [1.165, 1.54) is 0 Å². The van der Waals surface area contributed by atoms with Gasteiger partial charge in [0.2, 0.25) is 0 Å². The van der Waals surface area contributed by atoms with Crippen LogP contribution in [0.1, 0.15) is 36.2 Å². The van der Waals surface area contributed by atoms with Crippen molar-refractivity contribution in [3.05, 3.63) is 29.3 Å². The molecule has 0 bridgehead atoms. The van der Waals surface area contributed by atoms with Gasteiger partial charge >= 0.3 is 0 Å². The Hall–Kier alpha value is -1.16. The smallest absolute Gasteiger partial charge is 0.179 e. The molecule has 1 aromatic carbocycles. The second-order valence-electron chi connectivity index (χ2n) is 4.89. The lowest BCUT2D eigenvalue weighted by Crippen LogP contribution is -2.17. The molecule has 2 atom stereocenters. The first-order valence-electron chi connectivity index (χ1n) is 6.50. The maximum Gasteiger partial charge on any atom is 0.179 e. The highest BCUT2D eigenvalue weighted by Gasteiger charge is 2.16. The van der Waals surface area contributed by atoms with Gasteiger partial charge in [-0.15, -0.1) is 0 Å². The second-order valence-corrected chi connectivity index (χ2v) is 6.39. The average Bonchev–Trinajstić information content (AvgIpc) is 2.37. The van der Waals surface area contributed by atoms with Crippen molar-refractivity contribution in [3.8, 4) is 5.75 Å². The summed E-state index contributed by atoms with van der Waals surface area (Å²) in [6.45, 7) is 6.05. The Labute approximate surface area is 117 Å². The van der Waals surface area contributed by atoms with Gasteiger partial charge < -0.3 is 4.74 Å². The van der Waals surface area contributed by atoms with Crippen molar-refractivity contribution in [3.63, 3.8) is 0 Å². The zero-order chi connectivity index (χ0) is 14.4. The molecular weight excluding hydrogens is 260 g/mol. The number of methoxy groups -OCH3 is 1. The first-order valence-corrected chi connectivity index (χ1v) is 7.99. The monoisotopic (exact) mass is 282 g/mol. The Morgan fingerprint density at radius 2 is 2.11 bits per heavy atom. The summed E-state index contributed by atoms with van der Waals surface area (Å²) < 4.78 is 17.1. The minimum atomic E-state index is -1.10. The van der Waals surface area contributed by atoms with E-state index in [-0.39, 0.29) is 11.5 Å². The van der Waals surface area contributed by atoms with E-state index in [0.717, 1.165) is 12.0 Å². The predicted octanol–water partition coefficient (Wildman–Crippen LogP) is 2.98. The number of rotatable bonds is 7. The van der Waals surface area contributed by atoms with Gasteiger partial charge in [-0.25, -0.2) is 0 Å². The molecule has 0 fully saturated rings. The first kappa shape index (κ1) is 15.9. The third-order valence-electron chi connectivity index (χ3n) is 3.12. The summed E-state index contributed by atoms with van der Waals surface area (Å²) in [7, 11) is 0.442. The molecule has 0 heterocycles. The molecule has 0 saturated carbocycles. The van der Waals surface area contributed by atoms with Gasteiger partial charge in [0.15, 0.2) is 5.78 Å². The van der Waals surface area contributed by atoms with Crippen LogP contribution in [-0.4, -0.2) is 28.6 Å². The summed E-state index contributed by atoms with van der Waals surface area (Å²) >= 11 is 0. The molecule has 3 nitrogen and oxygen atoms in total. The van der Waals surface area contributed by atoms with Crippen LogP contribution < -0.4 is 4.74 Å².